The van der Waals surface area contributed by atoms with Crippen molar-refractivity contribution in [1.82, 2.24) is 0 Å². The molecular weight excluding hydrogens is 281 g/mol. The van der Waals surface area contributed by atoms with Crippen molar-refractivity contribution in [1.29, 1.82) is 0 Å². The number of nitrogens with zero attached hydrogens (tertiary/aromatic N) is 1. The van der Waals surface area contributed by atoms with E-state index in [9.17, 15) is 19.3 Å². The molecule has 7 heteroatoms. The first-order valence-corrected chi connectivity index (χ1v) is 5.80. The van der Waals surface area contributed by atoms with Crippen LogP contribution in [0.2, 0.25) is 0 Å². The number of hydrogen-bond donors (Lipinski definition) is 0. The second-order valence-electron chi connectivity index (χ2n) is 3.99. The van der Waals surface area contributed by atoms with Gasteiger partial charge in [-0.3, -0.25) is 14.9 Å². The van der Waals surface area contributed by atoms with Crippen molar-refractivity contribution in [3.8, 4) is 17.2 Å². The number of benzene rings is 2. The molecule has 21 heavy (non-hydrogen) atoms. The number of halogens is 1. The van der Waals surface area contributed by atoms with Gasteiger partial charge in [0, 0.05) is 0 Å². The summed E-state index contributed by atoms with van der Waals surface area (Å²) in [5, 5.41) is 10.9. The number of methoxy groups -OCH3 is 1. The lowest BCUT2D eigenvalue weighted by molar-refractivity contribution is -0.385. The summed E-state index contributed by atoms with van der Waals surface area (Å²) >= 11 is 0. The van der Waals surface area contributed by atoms with Crippen LogP contribution in [0.25, 0.3) is 0 Å². The third-order valence-corrected chi connectivity index (χ3v) is 2.67. The minimum atomic E-state index is -0.614. The highest BCUT2D eigenvalue weighted by atomic mass is 19.1. The first-order chi connectivity index (χ1) is 10.0. The first kappa shape index (κ1) is 14.4. The molecule has 0 fully saturated rings. The van der Waals surface area contributed by atoms with Gasteiger partial charge in [-0.2, -0.15) is 0 Å². The number of nitro benzene ring substituents is 1. The molecule has 0 spiro atoms. The van der Waals surface area contributed by atoms with E-state index in [4.69, 9.17) is 9.47 Å². The second-order valence-corrected chi connectivity index (χ2v) is 3.99. The molecular formula is C14H10FNO5. The number of aldehydes is 1. The standard InChI is InChI=1S/C14H10FNO5/c1-20-14-5-3-11(7-12(14)16(18)19)21-13-4-2-10(15)6-9(13)8-17/h2-8H,1H3. The number of ether oxygens (including phenoxy) is 2. The fourth-order valence-electron chi connectivity index (χ4n) is 1.71. The van der Waals surface area contributed by atoms with Crippen molar-refractivity contribution in [2.45, 2.75) is 0 Å². The lowest BCUT2D eigenvalue weighted by atomic mass is 10.2. The Labute approximate surface area is 118 Å². The Morgan fingerprint density at radius 3 is 2.52 bits per heavy atom. The van der Waals surface area contributed by atoms with Gasteiger partial charge in [0.25, 0.3) is 0 Å². The smallest absolute Gasteiger partial charge is 0.314 e. The average Bonchev–Trinajstić information content (AvgIpc) is 2.48. The summed E-state index contributed by atoms with van der Waals surface area (Å²) in [5.74, 6) is -0.254. The second kappa shape index (κ2) is 6.00. The van der Waals surface area contributed by atoms with Crippen molar-refractivity contribution in [3.05, 3.63) is 57.9 Å². The highest BCUT2D eigenvalue weighted by Crippen LogP contribution is 2.33. The van der Waals surface area contributed by atoms with Crippen molar-refractivity contribution in [2.24, 2.45) is 0 Å². The summed E-state index contributed by atoms with van der Waals surface area (Å²) in [5.41, 5.74) is -0.266. The quantitative estimate of drug-likeness (QED) is 0.479. The van der Waals surface area contributed by atoms with E-state index in [1.807, 2.05) is 0 Å². The van der Waals surface area contributed by atoms with E-state index in [0.717, 1.165) is 18.2 Å². The van der Waals surface area contributed by atoms with Crippen LogP contribution in [0, 0.1) is 15.9 Å². The van der Waals surface area contributed by atoms with E-state index in [1.54, 1.807) is 0 Å². The van der Waals surface area contributed by atoms with Crippen LogP contribution in [-0.2, 0) is 0 Å². The number of carbonyl (C=O) groups is 1. The van der Waals surface area contributed by atoms with Gasteiger partial charge in [-0.15, -0.1) is 0 Å². The molecule has 0 aromatic heterocycles. The molecule has 0 bridgehead atoms. The Balaban J connectivity index is 2.38. The molecule has 0 aliphatic carbocycles. The van der Waals surface area contributed by atoms with Crippen LogP contribution >= 0.6 is 0 Å². The molecule has 0 atom stereocenters. The maximum atomic E-state index is 13.0. The molecule has 6 nitrogen and oxygen atoms in total. The maximum Gasteiger partial charge on any atom is 0.314 e. The molecule has 0 saturated carbocycles. The maximum absolute atomic E-state index is 13.0. The summed E-state index contributed by atoms with van der Waals surface area (Å²) in [6.45, 7) is 0. The van der Waals surface area contributed by atoms with Crippen LogP contribution in [0.1, 0.15) is 10.4 Å². The van der Waals surface area contributed by atoms with Crippen molar-refractivity contribution in [2.75, 3.05) is 7.11 Å². The van der Waals surface area contributed by atoms with E-state index in [2.05, 4.69) is 0 Å². The summed E-state index contributed by atoms with van der Waals surface area (Å²) in [7, 11) is 1.31. The fraction of sp³-hybridized carbons (Fsp3) is 0.0714. The molecule has 0 amide bonds. The van der Waals surface area contributed by atoms with Crippen LogP contribution in [0.15, 0.2) is 36.4 Å². The largest absolute Gasteiger partial charge is 0.490 e. The van der Waals surface area contributed by atoms with Crippen LogP contribution in [0.3, 0.4) is 0 Å². The Morgan fingerprint density at radius 2 is 1.90 bits per heavy atom. The Kier molecular flexibility index (Phi) is 4.13. The minimum absolute atomic E-state index is 0.00784. The van der Waals surface area contributed by atoms with Gasteiger partial charge in [0.1, 0.15) is 17.3 Å². The molecule has 0 N–H and O–H groups in total. The highest BCUT2D eigenvalue weighted by Gasteiger charge is 2.16. The minimum Gasteiger partial charge on any atom is -0.490 e. The molecule has 2 aromatic rings. The molecule has 108 valence electrons. The Hall–Kier alpha value is -2.96. The van der Waals surface area contributed by atoms with Crippen LogP contribution < -0.4 is 9.47 Å². The Bertz CT molecular complexity index is 702. The van der Waals surface area contributed by atoms with Crippen molar-refractivity contribution < 1.29 is 23.6 Å². The fourth-order valence-corrected chi connectivity index (χ4v) is 1.71. The number of carbonyl (C=O) groups excluding carboxylic acids is 1. The van der Waals surface area contributed by atoms with Gasteiger partial charge in [0.15, 0.2) is 12.0 Å². The first-order valence-electron chi connectivity index (χ1n) is 5.80. The van der Waals surface area contributed by atoms with E-state index in [1.165, 1.54) is 25.3 Å². The zero-order chi connectivity index (χ0) is 15.4. The van der Waals surface area contributed by atoms with E-state index in [0.29, 0.717) is 6.29 Å². The van der Waals surface area contributed by atoms with E-state index < -0.39 is 10.7 Å². The molecule has 0 heterocycles. The lowest BCUT2D eigenvalue weighted by Crippen LogP contribution is -1.96. The predicted molar refractivity (Wildman–Crippen MR) is 71.5 cm³/mol. The summed E-state index contributed by atoms with van der Waals surface area (Å²) in [6, 6.07) is 7.40. The topological polar surface area (TPSA) is 78.7 Å². The lowest BCUT2D eigenvalue weighted by Gasteiger charge is -2.09. The van der Waals surface area contributed by atoms with Crippen LogP contribution in [0.5, 0.6) is 17.2 Å². The molecule has 0 aliphatic rings. The number of hydrogen-bond acceptors (Lipinski definition) is 5. The highest BCUT2D eigenvalue weighted by molar-refractivity contribution is 5.79. The van der Waals surface area contributed by atoms with Crippen molar-refractivity contribution >= 4 is 12.0 Å². The number of rotatable bonds is 5. The van der Waals surface area contributed by atoms with Crippen LogP contribution in [-0.4, -0.2) is 18.3 Å². The van der Waals surface area contributed by atoms with Gasteiger partial charge in [0.05, 0.1) is 23.7 Å². The van der Waals surface area contributed by atoms with Gasteiger partial charge in [0.2, 0.25) is 0 Å². The van der Waals surface area contributed by atoms with Gasteiger partial charge in [-0.05, 0) is 30.3 Å². The number of nitro groups is 1. The van der Waals surface area contributed by atoms with E-state index >= 15 is 0 Å². The molecule has 0 radical (unpaired) electrons. The zero-order valence-electron chi connectivity index (χ0n) is 10.9. The van der Waals surface area contributed by atoms with Crippen molar-refractivity contribution in [3.63, 3.8) is 0 Å². The summed E-state index contributed by atoms with van der Waals surface area (Å²) in [6.07, 6.45) is 0.441. The summed E-state index contributed by atoms with van der Waals surface area (Å²) in [4.78, 5) is 21.2. The van der Waals surface area contributed by atoms with Gasteiger partial charge < -0.3 is 9.47 Å². The summed E-state index contributed by atoms with van der Waals surface area (Å²) < 4.78 is 23.3. The molecule has 2 rings (SSSR count). The molecule has 0 saturated heterocycles. The monoisotopic (exact) mass is 291 g/mol. The normalized spacial score (nSPS) is 10.0. The molecule has 0 aliphatic heterocycles. The predicted octanol–water partition coefficient (Wildman–Crippen LogP) is 3.35. The SMILES string of the molecule is COc1ccc(Oc2ccc(F)cc2C=O)cc1[N+](=O)[O-]. The van der Waals surface area contributed by atoms with E-state index in [-0.39, 0.29) is 28.5 Å². The zero-order valence-corrected chi connectivity index (χ0v) is 10.9. The van der Waals surface area contributed by atoms with Gasteiger partial charge in [-0.1, -0.05) is 0 Å². The third-order valence-electron chi connectivity index (χ3n) is 2.67. The molecule has 0 unspecified atom stereocenters. The average molecular weight is 291 g/mol. The Morgan fingerprint density at radius 1 is 1.19 bits per heavy atom. The van der Waals surface area contributed by atoms with Crippen LogP contribution in [0.4, 0.5) is 10.1 Å². The third kappa shape index (κ3) is 3.14. The van der Waals surface area contributed by atoms with Gasteiger partial charge in [-0.25, -0.2) is 4.39 Å². The van der Waals surface area contributed by atoms with Gasteiger partial charge >= 0.3 is 5.69 Å². The molecule has 2 aromatic carbocycles.